The summed E-state index contributed by atoms with van der Waals surface area (Å²) in [5.74, 6) is -4.53. The van der Waals surface area contributed by atoms with Gasteiger partial charge in [-0.25, -0.2) is 0 Å². The number of nitrogens with zero attached hydrogens (tertiary/aromatic N) is 1. The van der Waals surface area contributed by atoms with Crippen molar-refractivity contribution in [2.45, 2.75) is 37.7 Å². The molecule has 204 valence electrons. The maximum atomic E-state index is 12.9. The van der Waals surface area contributed by atoms with Crippen LogP contribution in [0.5, 0.6) is 5.75 Å². The molecule has 3 N–H and O–H groups in total. The lowest BCUT2D eigenvalue weighted by atomic mass is 10.1. The fourth-order valence-corrected chi connectivity index (χ4v) is 3.79. The summed E-state index contributed by atoms with van der Waals surface area (Å²) in [6, 6.07) is 11.0. The highest BCUT2D eigenvalue weighted by Crippen LogP contribution is 2.32. The molecular weight excluding hydrogens is 523 g/mol. The molecule has 2 heterocycles. The average Bonchev–Trinajstić information content (AvgIpc) is 3.54. The monoisotopic (exact) mass is 550 g/mol. The lowest BCUT2D eigenvalue weighted by Gasteiger charge is -2.18. The summed E-state index contributed by atoms with van der Waals surface area (Å²) in [5, 5.41) is 10.9. The molecule has 1 saturated heterocycles. The van der Waals surface area contributed by atoms with Crippen LogP contribution in [-0.4, -0.2) is 49.3 Å². The molecule has 6 nitrogen and oxygen atoms in total. The van der Waals surface area contributed by atoms with Gasteiger partial charge in [0.25, 0.3) is 0 Å². The molecule has 2 aromatic carbocycles. The maximum absolute atomic E-state index is 12.9. The van der Waals surface area contributed by atoms with E-state index in [1.807, 2.05) is 0 Å². The molecule has 1 atom stereocenters. The lowest BCUT2D eigenvalue weighted by molar-refractivity contribution is -0.274. The zero-order valence-electron chi connectivity index (χ0n) is 20.0. The van der Waals surface area contributed by atoms with Crippen LogP contribution in [0.1, 0.15) is 36.7 Å². The van der Waals surface area contributed by atoms with E-state index in [-0.39, 0.29) is 11.3 Å². The molecule has 37 heavy (non-hydrogen) atoms. The zero-order valence-corrected chi connectivity index (χ0v) is 20.7. The molecule has 1 unspecified atom stereocenters. The van der Waals surface area contributed by atoms with Gasteiger partial charge in [0, 0.05) is 17.0 Å². The van der Waals surface area contributed by atoms with E-state index in [9.17, 15) is 31.9 Å². The van der Waals surface area contributed by atoms with Crippen molar-refractivity contribution in [3.63, 3.8) is 0 Å². The van der Waals surface area contributed by atoms with Crippen molar-refractivity contribution in [3.05, 3.63) is 64.9 Å². The summed E-state index contributed by atoms with van der Waals surface area (Å²) in [6.45, 7) is 2.93. The van der Waals surface area contributed by atoms with Gasteiger partial charge in [0.05, 0.1) is 6.10 Å². The number of aliphatic hydroxyl groups excluding tert-OH is 1. The van der Waals surface area contributed by atoms with E-state index in [1.54, 1.807) is 0 Å². The van der Waals surface area contributed by atoms with Crippen molar-refractivity contribution >= 4 is 28.9 Å². The van der Waals surface area contributed by atoms with Crippen LogP contribution < -0.4 is 10.5 Å². The Bertz CT molecular complexity index is 1120. The van der Waals surface area contributed by atoms with Crippen molar-refractivity contribution < 1.29 is 41.0 Å². The van der Waals surface area contributed by atoms with Crippen LogP contribution in [0.25, 0.3) is 11.0 Å². The third-order valence-corrected chi connectivity index (χ3v) is 5.61. The Morgan fingerprint density at radius 2 is 1.70 bits per heavy atom. The molecule has 0 saturated carbocycles. The standard InChI is InChI=1S/C14H18F3NO2.C10H5ClF2O2.CH5N/c15-14(16,17)20-12-5-3-11(4-6-12)13(19)7-10-18-8-1-2-9-18;11-7-1-2-8-6(3-7)4-9(15-8)10(12,13)5-14;1-2/h3-6,13,19H,1-2,7-10H2;1-5H;2H2,1H3. The Morgan fingerprint density at radius 3 is 2.27 bits per heavy atom. The van der Waals surface area contributed by atoms with Crippen LogP contribution in [-0.2, 0) is 10.7 Å². The predicted molar refractivity (Wildman–Crippen MR) is 130 cm³/mol. The van der Waals surface area contributed by atoms with Crippen LogP contribution in [0.4, 0.5) is 22.0 Å². The first-order chi connectivity index (χ1) is 17.5. The highest BCUT2D eigenvalue weighted by atomic mass is 35.5. The number of ether oxygens (including phenoxy) is 1. The van der Waals surface area contributed by atoms with Gasteiger partial charge >= 0.3 is 12.3 Å². The number of rotatable bonds is 7. The number of hydrogen-bond acceptors (Lipinski definition) is 6. The summed E-state index contributed by atoms with van der Waals surface area (Å²) >= 11 is 5.68. The lowest BCUT2D eigenvalue weighted by Crippen LogP contribution is -2.22. The molecule has 0 radical (unpaired) electrons. The molecule has 12 heteroatoms. The maximum Gasteiger partial charge on any atom is 0.573 e. The third kappa shape index (κ3) is 9.58. The number of alkyl halides is 5. The van der Waals surface area contributed by atoms with E-state index in [0.29, 0.717) is 22.4 Å². The van der Waals surface area contributed by atoms with Gasteiger partial charge < -0.3 is 24.9 Å². The van der Waals surface area contributed by atoms with Crippen LogP contribution in [0.15, 0.2) is 52.9 Å². The second-order valence-electron chi connectivity index (χ2n) is 8.00. The number of carbonyl (C=O) groups is 1. The summed E-state index contributed by atoms with van der Waals surface area (Å²) in [4.78, 5) is 12.4. The quantitative estimate of drug-likeness (QED) is 0.275. The third-order valence-electron chi connectivity index (χ3n) is 5.37. The minimum atomic E-state index is -4.68. The first-order valence-corrected chi connectivity index (χ1v) is 11.7. The zero-order chi connectivity index (χ0) is 27.6. The van der Waals surface area contributed by atoms with E-state index in [4.69, 9.17) is 16.0 Å². The number of aldehydes is 1. The van der Waals surface area contributed by atoms with Gasteiger partial charge in [0.15, 0.2) is 12.0 Å². The normalized spacial score (nSPS) is 14.8. The van der Waals surface area contributed by atoms with Crippen LogP contribution in [0.2, 0.25) is 5.02 Å². The Morgan fingerprint density at radius 1 is 1.08 bits per heavy atom. The molecule has 0 amide bonds. The number of aliphatic hydroxyl groups is 1. The average molecular weight is 551 g/mol. The van der Waals surface area contributed by atoms with E-state index < -0.39 is 30.4 Å². The Labute approximate surface area is 215 Å². The number of benzene rings is 2. The van der Waals surface area contributed by atoms with E-state index >= 15 is 0 Å². The van der Waals surface area contributed by atoms with Crippen molar-refractivity contribution in [2.24, 2.45) is 5.73 Å². The van der Waals surface area contributed by atoms with Crippen molar-refractivity contribution in [2.75, 3.05) is 26.7 Å². The molecule has 0 aliphatic carbocycles. The minimum Gasteiger partial charge on any atom is -0.454 e. The number of furan rings is 1. The number of halogens is 6. The number of hydrogen-bond donors (Lipinski definition) is 2. The van der Waals surface area contributed by atoms with Crippen molar-refractivity contribution in [1.82, 2.24) is 4.90 Å². The smallest absolute Gasteiger partial charge is 0.454 e. The highest BCUT2D eigenvalue weighted by molar-refractivity contribution is 6.31. The number of likely N-dealkylation sites (tertiary alicyclic amines) is 1. The fraction of sp³-hybridized carbons (Fsp3) is 0.400. The molecular formula is C25H28ClF5N2O4. The van der Waals surface area contributed by atoms with Gasteiger partial charge in [-0.05, 0) is 81.4 Å². The largest absolute Gasteiger partial charge is 0.573 e. The molecule has 1 fully saturated rings. The second kappa shape index (κ2) is 13.7. The summed E-state index contributed by atoms with van der Waals surface area (Å²) in [5.41, 5.74) is 5.38. The SMILES string of the molecule is CN.O=CC(F)(F)c1cc2cc(Cl)ccc2o1.OC(CCN1CCCC1)c1ccc(OC(F)(F)F)cc1. The molecule has 1 aromatic heterocycles. The predicted octanol–water partition coefficient (Wildman–Crippen LogP) is 6.06. The number of nitrogens with two attached hydrogens (primary N) is 1. The second-order valence-corrected chi connectivity index (χ2v) is 8.44. The van der Waals surface area contributed by atoms with E-state index in [0.717, 1.165) is 25.7 Å². The van der Waals surface area contributed by atoms with Gasteiger partial charge in [0.2, 0.25) is 0 Å². The van der Waals surface area contributed by atoms with Crippen LogP contribution in [0, 0.1) is 0 Å². The van der Waals surface area contributed by atoms with Crippen LogP contribution in [0.3, 0.4) is 0 Å². The molecule has 0 spiro atoms. The fourth-order valence-electron chi connectivity index (χ4n) is 3.61. The topological polar surface area (TPSA) is 88.9 Å². The first-order valence-electron chi connectivity index (χ1n) is 11.3. The van der Waals surface area contributed by atoms with Gasteiger partial charge in [-0.2, -0.15) is 8.78 Å². The molecule has 1 aliphatic rings. The van der Waals surface area contributed by atoms with E-state index in [2.05, 4.69) is 15.4 Å². The minimum absolute atomic E-state index is 0.270. The molecule has 1 aliphatic heterocycles. The summed E-state index contributed by atoms with van der Waals surface area (Å²) < 4.78 is 70.5. The molecule has 3 aromatic rings. The molecule has 0 bridgehead atoms. The Hall–Kier alpha value is -2.73. The Kier molecular flexibility index (Phi) is 11.3. The van der Waals surface area contributed by atoms with Gasteiger partial charge in [-0.3, -0.25) is 4.79 Å². The highest BCUT2D eigenvalue weighted by Gasteiger charge is 2.35. The van der Waals surface area contributed by atoms with Gasteiger partial charge in [-0.1, -0.05) is 23.7 Å². The number of fused-ring (bicyclic) bond motifs is 1. The van der Waals surface area contributed by atoms with Crippen LogP contribution >= 0.6 is 11.6 Å². The van der Waals surface area contributed by atoms with Crippen molar-refractivity contribution in [1.29, 1.82) is 0 Å². The number of carbonyl (C=O) groups excluding carboxylic acids is 1. The van der Waals surface area contributed by atoms with Gasteiger partial charge in [0.1, 0.15) is 11.3 Å². The summed E-state index contributed by atoms with van der Waals surface area (Å²) in [6.07, 6.45) is -2.82. The summed E-state index contributed by atoms with van der Waals surface area (Å²) in [7, 11) is 1.50. The van der Waals surface area contributed by atoms with E-state index in [1.165, 1.54) is 62.4 Å². The van der Waals surface area contributed by atoms with Crippen molar-refractivity contribution in [3.8, 4) is 5.75 Å². The molecule has 4 rings (SSSR count). The Balaban J connectivity index is 0.000000252. The first kappa shape index (κ1) is 30.5. The van der Waals surface area contributed by atoms with Gasteiger partial charge in [-0.15, -0.1) is 13.2 Å².